The van der Waals surface area contributed by atoms with Crippen LogP contribution in [-0.2, 0) is 6.42 Å². The zero-order chi connectivity index (χ0) is 17.9. The normalized spacial score (nSPS) is 12.5. The second-order valence-electron chi connectivity index (χ2n) is 6.11. The van der Waals surface area contributed by atoms with E-state index in [0.29, 0.717) is 17.4 Å². The number of aromatic nitrogens is 2. The van der Waals surface area contributed by atoms with Crippen LogP contribution in [0.4, 0.5) is 11.5 Å². The highest BCUT2D eigenvalue weighted by Crippen LogP contribution is 2.37. The highest BCUT2D eigenvalue weighted by atomic mass is 35.5. The average molecular weight is 367 g/mol. The Labute approximate surface area is 157 Å². The van der Waals surface area contributed by atoms with Crippen LogP contribution in [0.15, 0.2) is 48.5 Å². The van der Waals surface area contributed by atoms with E-state index in [9.17, 15) is 5.11 Å². The molecule has 0 spiro atoms. The van der Waals surface area contributed by atoms with E-state index in [1.165, 1.54) is 0 Å². The van der Waals surface area contributed by atoms with Crippen LogP contribution in [-0.4, -0.2) is 34.8 Å². The van der Waals surface area contributed by atoms with Crippen LogP contribution in [0.3, 0.4) is 0 Å². The summed E-state index contributed by atoms with van der Waals surface area (Å²) in [5, 5.41) is 16.6. The average Bonchev–Trinajstić information content (AvgIpc) is 2.85. The Morgan fingerprint density at radius 1 is 1.12 bits per heavy atom. The fourth-order valence-corrected chi connectivity index (χ4v) is 3.34. The van der Waals surface area contributed by atoms with Crippen LogP contribution in [0.1, 0.15) is 5.56 Å². The minimum Gasteiger partial charge on any atom is -0.395 e. The Morgan fingerprint density at radius 2 is 1.96 bits per heavy atom. The van der Waals surface area contributed by atoms with Gasteiger partial charge in [-0.2, -0.15) is 0 Å². The maximum absolute atomic E-state index is 9.23. The van der Waals surface area contributed by atoms with Gasteiger partial charge >= 0.3 is 0 Å². The van der Waals surface area contributed by atoms with Gasteiger partial charge in [-0.25, -0.2) is 9.97 Å². The Balaban J connectivity index is 1.93. The molecule has 2 aromatic carbocycles. The van der Waals surface area contributed by atoms with Crippen molar-refractivity contribution >= 4 is 23.1 Å². The summed E-state index contributed by atoms with van der Waals surface area (Å²) in [5.41, 5.74) is 4.88. The van der Waals surface area contributed by atoms with E-state index in [1.807, 2.05) is 48.5 Å². The summed E-state index contributed by atoms with van der Waals surface area (Å²) in [7, 11) is 0. The van der Waals surface area contributed by atoms with Crippen molar-refractivity contribution in [2.75, 3.05) is 30.3 Å². The highest BCUT2D eigenvalue weighted by Gasteiger charge is 2.21. The molecule has 2 heterocycles. The fourth-order valence-electron chi connectivity index (χ4n) is 3.17. The minimum absolute atomic E-state index is 0.0455. The number of nitrogens with one attached hydrogen (secondary N) is 2. The van der Waals surface area contributed by atoms with E-state index < -0.39 is 0 Å². The van der Waals surface area contributed by atoms with E-state index in [1.54, 1.807) is 0 Å². The zero-order valence-corrected chi connectivity index (χ0v) is 14.9. The van der Waals surface area contributed by atoms with Crippen molar-refractivity contribution in [2.24, 2.45) is 0 Å². The molecule has 0 amide bonds. The molecule has 1 aliphatic rings. The molecule has 1 aliphatic heterocycles. The Morgan fingerprint density at radius 3 is 2.77 bits per heavy atom. The lowest BCUT2D eigenvalue weighted by atomic mass is 10.0. The summed E-state index contributed by atoms with van der Waals surface area (Å²) in [4.78, 5) is 9.63. The molecular weight excluding hydrogens is 348 g/mol. The molecule has 0 fully saturated rings. The standard InChI is InChI=1S/C20H19ClN4O/c21-14-6-7-15-17(12-14)22-9-8-16-18(15)24-19(13-4-2-1-3-5-13)25-20(16)23-10-11-26/h1-7,12,22,26H,8-11H2,(H,23,24,25). The summed E-state index contributed by atoms with van der Waals surface area (Å²) in [6, 6.07) is 15.7. The van der Waals surface area contributed by atoms with Crippen LogP contribution >= 0.6 is 11.6 Å². The Bertz CT molecular complexity index is 931. The predicted octanol–water partition coefficient (Wildman–Crippen LogP) is 3.84. The lowest BCUT2D eigenvalue weighted by Gasteiger charge is -2.15. The number of rotatable bonds is 4. The molecule has 4 rings (SSSR count). The molecule has 0 saturated heterocycles. The molecular formula is C20H19ClN4O. The largest absolute Gasteiger partial charge is 0.395 e. The molecule has 0 bridgehead atoms. The van der Waals surface area contributed by atoms with Crippen molar-refractivity contribution in [1.82, 2.24) is 9.97 Å². The predicted molar refractivity (Wildman–Crippen MR) is 106 cm³/mol. The first-order valence-electron chi connectivity index (χ1n) is 8.61. The molecule has 0 atom stereocenters. The van der Waals surface area contributed by atoms with Crippen molar-refractivity contribution < 1.29 is 5.11 Å². The lowest BCUT2D eigenvalue weighted by Crippen LogP contribution is -2.13. The maximum Gasteiger partial charge on any atom is 0.162 e. The van der Waals surface area contributed by atoms with E-state index in [4.69, 9.17) is 21.6 Å². The summed E-state index contributed by atoms with van der Waals surface area (Å²) >= 11 is 6.17. The Hall–Kier alpha value is -2.63. The zero-order valence-electron chi connectivity index (χ0n) is 14.2. The first kappa shape index (κ1) is 16.8. The third kappa shape index (κ3) is 3.23. The third-order valence-corrected chi connectivity index (χ3v) is 4.61. The number of benzene rings is 2. The Kier molecular flexibility index (Phi) is 4.73. The van der Waals surface area contributed by atoms with Crippen molar-refractivity contribution in [1.29, 1.82) is 0 Å². The topological polar surface area (TPSA) is 70.1 Å². The summed E-state index contributed by atoms with van der Waals surface area (Å²) in [6.07, 6.45) is 0.782. The van der Waals surface area contributed by atoms with Gasteiger partial charge in [-0.05, 0) is 24.6 Å². The van der Waals surface area contributed by atoms with Gasteiger partial charge in [-0.1, -0.05) is 41.9 Å². The van der Waals surface area contributed by atoms with Crippen LogP contribution in [0, 0.1) is 0 Å². The van der Waals surface area contributed by atoms with E-state index in [-0.39, 0.29) is 6.61 Å². The van der Waals surface area contributed by atoms with Gasteiger partial charge in [0.15, 0.2) is 5.82 Å². The van der Waals surface area contributed by atoms with Gasteiger partial charge in [0.2, 0.25) is 0 Å². The van der Waals surface area contributed by atoms with Crippen LogP contribution < -0.4 is 10.6 Å². The SMILES string of the molecule is OCCNc1nc(-c2ccccc2)nc2c1CCNc1cc(Cl)ccc1-2. The van der Waals surface area contributed by atoms with E-state index in [0.717, 1.165) is 46.9 Å². The second-order valence-corrected chi connectivity index (χ2v) is 6.54. The number of aliphatic hydroxyl groups excluding tert-OH is 1. The minimum atomic E-state index is 0.0455. The number of hydrogen-bond donors (Lipinski definition) is 3. The second kappa shape index (κ2) is 7.32. The number of anilines is 2. The van der Waals surface area contributed by atoms with Gasteiger partial charge in [-0.3, -0.25) is 0 Å². The molecule has 1 aromatic heterocycles. The van der Waals surface area contributed by atoms with E-state index >= 15 is 0 Å². The van der Waals surface area contributed by atoms with Crippen molar-refractivity contribution in [2.45, 2.75) is 6.42 Å². The number of nitrogens with zero attached hydrogens (tertiary/aromatic N) is 2. The molecule has 0 aliphatic carbocycles. The number of aliphatic hydroxyl groups is 1. The molecule has 132 valence electrons. The lowest BCUT2D eigenvalue weighted by molar-refractivity contribution is 0.311. The first-order chi connectivity index (χ1) is 12.8. The van der Waals surface area contributed by atoms with Crippen molar-refractivity contribution in [3.63, 3.8) is 0 Å². The van der Waals surface area contributed by atoms with Gasteiger partial charge in [0.05, 0.1) is 12.3 Å². The van der Waals surface area contributed by atoms with Gasteiger partial charge < -0.3 is 15.7 Å². The molecule has 0 saturated carbocycles. The number of halogens is 1. The maximum atomic E-state index is 9.23. The molecule has 6 heteroatoms. The van der Waals surface area contributed by atoms with Crippen LogP contribution in [0.2, 0.25) is 5.02 Å². The smallest absolute Gasteiger partial charge is 0.162 e. The molecule has 0 unspecified atom stereocenters. The number of fused-ring (bicyclic) bond motifs is 3. The summed E-state index contributed by atoms with van der Waals surface area (Å²) in [5.74, 6) is 1.43. The van der Waals surface area contributed by atoms with Gasteiger partial charge in [0, 0.05) is 40.5 Å². The third-order valence-electron chi connectivity index (χ3n) is 4.37. The molecule has 3 N–H and O–H groups in total. The highest BCUT2D eigenvalue weighted by molar-refractivity contribution is 6.31. The number of hydrogen-bond acceptors (Lipinski definition) is 5. The van der Waals surface area contributed by atoms with Gasteiger partial charge in [-0.15, -0.1) is 0 Å². The first-order valence-corrected chi connectivity index (χ1v) is 8.99. The van der Waals surface area contributed by atoms with Crippen molar-refractivity contribution in [3.05, 3.63) is 59.1 Å². The molecule has 5 nitrogen and oxygen atoms in total. The quantitative estimate of drug-likeness (QED) is 0.654. The van der Waals surface area contributed by atoms with Crippen LogP contribution in [0.25, 0.3) is 22.6 Å². The van der Waals surface area contributed by atoms with Gasteiger partial charge in [0.25, 0.3) is 0 Å². The fraction of sp³-hybridized carbons (Fsp3) is 0.200. The molecule has 3 aromatic rings. The molecule has 0 radical (unpaired) electrons. The molecule has 26 heavy (non-hydrogen) atoms. The van der Waals surface area contributed by atoms with Crippen LogP contribution in [0.5, 0.6) is 0 Å². The van der Waals surface area contributed by atoms with E-state index in [2.05, 4.69) is 10.6 Å². The summed E-state index contributed by atoms with van der Waals surface area (Å²) < 4.78 is 0. The van der Waals surface area contributed by atoms with Gasteiger partial charge in [0.1, 0.15) is 5.82 Å². The summed E-state index contributed by atoms with van der Waals surface area (Å²) in [6.45, 7) is 1.25. The van der Waals surface area contributed by atoms with Crippen molar-refractivity contribution in [3.8, 4) is 22.6 Å². The monoisotopic (exact) mass is 366 g/mol.